The third-order valence-corrected chi connectivity index (χ3v) is 1.04. The van der Waals surface area contributed by atoms with Gasteiger partial charge in [-0.1, -0.05) is 0 Å². The van der Waals surface area contributed by atoms with E-state index in [4.69, 9.17) is 10.2 Å². The molecule has 0 aromatic heterocycles. The fourth-order valence-corrected chi connectivity index (χ4v) is 0.320. The number of hydrogen-bond donors (Lipinski definition) is 2. The molecule has 0 aromatic rings. The molecule has 1 atom stereocenters. The lowest BCUT2D eigenvalue weighted by Crippen LogP contribution is -2.46. The number of rotatable bonds is 3. The minimum Gasteiger partial charge on any atom is -0.547 e. The van der Waals surface area contributed by atoms with Crippen molar-refractivity contribution in [1.29, 1.82) is 0 Å². The molecule has 0 heterocycles. The molecule has 54 valence electrons. The molecule has 0 aliphatic heterocycles. The molecule has 0 aliphatic carbocycles. The van der Waals surface area contributed by atoms with Crippen LogP contribution in [0.15, 0.2) is 0 Å². The Morgan fingerprint density at radius 1 is 1.78 bits per heavy atom. The van der Waals surface area contributed by atoms with Gasteiger partial charge in [0.15, 0.2) is 0 Å². The van der Waals surface area contributed by atoms with Crippen LogP contribution in [0.25, 0.3) is 0 Å². The molecule has 0 spiro atoms. The Balaban J connectivity index is 3.85. The minimum atomic E-state index is -1.89. The second-order valence-electron chi connectivity index (χ2n) is 2.03. The van der Waals surface area contributed by atoms with Crippen LogP contribution in [0, 0.1) is 0 Å². The van der Waals surface area contributed by atoms with Crippen molar-refractivity contribution in [2.75, 3.05) is 6.61 Å². The van der Waals surface area contributed by atoms with Crippen molar-refractivity contribution in [1.82, 2.24) is 0 Å². The maximum atomic E-state index is 9.94. The fraction of sp³-hybridized carbons (Fsp3) is 0.800. The summed E-state index contributed by atoms with van der Waals surface area (Å²) in [5, 5.41) is 26.9. The molecule has 0 aliphatic rings. The van der Waals surface area contributed by atoms with Crippen LogP contribution in [0.3, 0.4) is 0 Å². The van der Waals surface area contributed by atoms with Crippen LogP contribution >= 0.6 is 0 Å². The van der Waals surface area contributed by atoms with Crippen LogP contribution in [-0.4, -0.2) is 28.4 Å². The van der Waals surface area contributed by atoms with E-state index < -0.39 is 11.6 Å². The lowest BCUT2D eigenvalue weighted by atomic mass is 10.0. The van der Waals surface area contributed by atoms with Crippen LogP contribution in [0.5, 0.6) is 0 Å². The Bertz CT molecular complexity index is 108. The van der Waals surface area contributed by atoms with Crippen LogP contribution < -0.4 is 5.11 Å². The molecule has 9 heavy (non-hydrogen) atoms. The van der Waals surface area contributed by atoms with Gasteiger partial charge in [-0.25, -0.2) is 0 Å². The largest absolute Gasteiger partial charge is 0.547 e. The molecular formula is C5H9O4-. The average Bonchev–Trinajstić information content (AvgIpc) is 1.65. The molecule has 0 rings (SSSR count). The first-order valence-corrected chi connectivity index (χ1v) is 2.55. The molecule has 4 nitrogen and oxygen atoms in total. The lowest BCUT2D eigenvalue weighted by molar-refractivity contribution is -0.324. The highest BCUT2D eigenvalue weighted by Gasteiger charge is 2.20. The van der Waals surface area contributed by atoms with Gasteiger partial charge in [-0.3, -0.25) is 0 Å². The number of hydrogen-bond acceptors (Lipinski definition) is 4. The van der Waals surface area contributed by atoms with E-state index in [2.05, 4.69) is 0 Å². The second kappa shape index (κ2) is 2.80. The summed E-state index contributed by atoms with van der Waals surface area (Å²) in [5.74, 6) is -1.56. The van der Waals surface area contributed by atoms with Gasteiger partial charge in [0.05, 0.1) is 5.97 Å². The SMILES string of the molecule is CC(O)(CCO)C(=O)[O-]. The van der Waals surface area contributed by atoms with E-state index in [0.29, 0.717) is 0 Å². The Morgan fingerprint density at radius 2 is 2.22 bits per heavy atom. The highest BCUT2D eigenvalue weighted by molar-refractivity contribution is 5.74. The van der Waals surface area contributed by atoms with Crippen LogP contribution in [0.2, 0.25) is 0 Å². The summed E-state index contributed by atoms with van der Waals surface area (Å²) < 4.78 is 0. The number of aliphatic carboxylic acids is 1. The first-order valence-electron chi connectivity index (χ1n) is 2.55. The first kappa shape index (κ1) is 8.39. The zero-order valence-electron chi connectivity index (χ0n) is 5.13. The van der Waals surface area contributed by atoms with Gasteiger partial charge in [0.25, 0.3) is 0 Å². The van der Waals surface area contributed by atoms with Crippen molar-refractivity contribution >= 4 is 5.97 Å². The summed E-state index contributed by atoms with van der Waals surface area (Å²) in [5.41, 5.74) is -1.89. The van der Waals surface area contributed by atoms with Crippen molar-refractivity contribution in [2.45, 2.75) is 18.9 Å². The van der Waals surface area contributed by atoms with Gasteiger partial charge in [0.1, 0.15) is 5.60 Å². The molecule has 0 aromatic carbocycles. The van der Waals surface area contributed by atoms with Crippen LogP contribution in [0.4, 0.5) is 0 Å². The van der Waals surface area contributed by atoms with Gasteiger partial charge in [0, 0.05) is 13.0 Å². The number of aliphatic hydroxyl groups excluding tert-OH is 1. The van der Waals surface area contributed by atoms with Gasteiger partial charge < -0.3 is 20.1 Å². The van der Waals surface area contributed by atoms with Crippen molar-refractivity contribution in [3.63, 3.8) is 0 Å². The van der Waals surface area contributed by atoms with Crippen LogP contribution in [0.1, 0.15) is 13.3 Å². The third-order valence-electron chi connectivity index (χ3n) is 1.04. The molecule has 0 radical (unpaired) electrons. The molecular weight excluding hydrogens is 124 g/mol. The molecule has 2 N–H and O–H groups in total. The average molecular weight is 133 g/mol. The van der Waals surface area contributed by atoms with E-state index in [0.717, 1.165) is 6.92 Å². The van der Waals surface area contributed by atoms with Crippen molar-refractivity contribution in [3.05, 3.63) is 0 Å². The summed E-state index contributed by atoms with van der Waals surface area (Å²) in [6.07, 6.45) is -0.199. The normalized spacial score (nSPS) is 16.8. The molecule has 0 saturated heterocycles. The van der Waals surface area contributed by atoms with Gasteiger partial charge in [-0.05, 0) is 6.92 Å². The quantitative estimate of drug-likeness (QED) is 0.461. The number of carbonyl (C=O) groups is 1. The van der Waals surface area contributed by atoms with E-state index in [1.807, 2.05) is 0 Å². The van der Waals surface area contributed by atoms with Gasteiger partial charge in [0.2, 0.25) is 0 Å². The summed E-state index contributed by atoms with van der Waals surface area (Å²) in [7, 11) is 0. The molecule has 0 saturated carbocycles. The zero-order valence-corrected chi connectivity index (χ0v) is 5.13. The molecule has 0 bridgehead atoms. The van der Waals surface area contributed by atoms with E-state index >= 15 is 0 Å². The van der Waals surface area contributed by atoms with Gasteiger partial charge in [-0.15, -0.1) is 0 Å². The maximum absolute atomic E-state index is 9.94. The summed E-state index contributed by atoms with van der Waals surface area (Å²) in [4.78, 5) is 9.94. The lowest BCUT2D eigenvalue weighted by Gasteiger charge is -2.22. The smallest absolute Gasteiger partial charge is 0.103 e. The van der Waals surface area contributed by atoms with Crippen molar-refractivity contribution in [2.24, 2.45) is 0 Å². The highest BCUT2D eigenvalue weighted by Crippen LogP contribution is 2.05. The molecule has 4 heteroatoms. The second-order valence-corrected chi connectivity index (χ2v) is 2.03. The monoisotopic (exact) mass is 133 g/mol. The highest BCUT2D eigenvalue weighted by atomic mass is 16.4. The van der Waals surface area contributed by atoms with E-state index in [-0.39, 0.29) is 13.0 Å². The van der Waals surface area contributed by atoms with E-state index in [1.54, 1.807) is 0 Å². The summed E-state index contributed by atoms with van der Waals surface area (Å²) in [6.45, 7) is 0.722. The molecule has 1 unspecified atom stereocenters. The Hall–Kier alpha value is -0.610. The van der Waals surface area contributed by atoms with Crippen molar-refractivity contribution < 1.29 is 20.1 Å². The topological polar surface area (TPSA) is 80.6 Å². The number of carboxylic acid groups (broad SMARTS) is 1. The third kappa shape index (κ3) is 2.43. The van der Waals surface area contributed by atoms with E-state index in [1.165, 1.54) is 0 Å². The number of aliphatic hydroxyl groups is 2. The Morgan fingerprint density at radius 3 is 2.33 bits per heavy atom. The number of carbonyl (C=O) groups excluding carboxylic acids is 1. The Kier molecular flexibility index (Phi) is 2.61. The van der Waals surface area contributed by atoms with Crippen LogP contribution in [-0.2, 0) is 4.79 Å². The number of carboxylic acids is 1. The molecule has 0 fully saturated rings. The van der Waals surface area contributed by atoms with Gasteiger partial charge in [-0.2, -0.15) is 0 Å². The fourth-order valence-electron chi connectivity index (χ4n) is 0.320. The van der Waals surface area contributed by atoms with E-state index in [9.17, 15) is 9.90 Å². The standard InChI is InChI=1S/C5H10O4/c1-5(9,2-3-6)4(7)8/h6,9H,2-3H2,1H3,(H,7,8)/p-1. The van der Waals surface area contributed by atoms with Gasteiger partial charge >= 0.3 is 0 Å². The summed E-state index contributed by atoms with van der Waals surface area (Å²) >= 11 is 0. The predicted molar refractivity (Wildman–Crippen MR) is 27.3 cm³/mol. The first-order chi connectivity index (χ1) is 4.00. The van der Waals surface area contributed by atoms with Crippen molar-refractivity contribution in [3.8, 4) is 0 Å². The minimum absolute atomic E-state index is 0.199. The maximum Gasteiger partial charge on any atom is 0.103 e. The Labute approximate surface area is 52.7 Å². The summed E-state index contributed by atoms with van der Waals surface area (Å²) in [6, 6.07) is 0. The predicted octanol–water partition coefficient (Wildman–Crippen LogP) is -2.13. The zero-order chi connectivity index (χ0) is 7.49. The molecule has 0 amide bonds.